The molecule has 0 aliphatic heterocycles. The van der Waals surface area contributed by atoms with Crippen LogP contribution in [0.1, 0.15) is 17.3 Å². The fourth-order valence-electron chi connectivity index (χ4n) is 1.64. The molecule has 0 saturated carbocycles. The Morgan fingerprint density at radius 3 is 2.47 bits per heavy atom. The molecule has 0 radical (unpaired) electrons. The van der Waals surface area contributed by atoms with Crippen LogP contribution in [0.25, 0.3) is 0 Å². The average molecular weight is 265 g/mol. The molecule has 6 heteroatoms. The highest BCUT2D eigenvalue weighted by molar-refractivity contribution is 5.96. The molecule has 0 atom stereocenters. The van der Waals surface area contributed by atoms with Crippen molar-refractivity contribution < 1.29 is 14.7 Å². The third-order valence-corrected chi connectivity index (χ3v) is 2.93. The normalized spacial score (nSPS) is 10.1. The molecule has 0 bridgehead atoms. The number of carbonyl (C=O) groups is 2. The van der Waals surface area contributed by atoms with Crippen LogP contribution >= 0.6 is 0 Å². The second-order valence-electron chi connectivity index (χ2n) is 4.35. The van der Waals surface area contributed by atoms with Gasteiger partial charge in [-0.15, -0.1) is 0 Å². The molecule has 1 aromatic rings. The zero-order valence-corrected chi connectivity index (χ0v) is 11.4. The predicted octanol–water partition coefficient (Wildman–Crippen LogP) is 0.881. The van der Waals surface area contributed by atoms with Gasteiger partial charge in [-0.1, -0.05) is 0 Å². The fraction of sp³-hybridized carbons (Fsp3) is 0.385. The number of hydrogen-bond acceptors (Lipinski definition) is 4. The van der Waals surface area contributed by atoms with E-state index in [1.807, 2.05) is 6.92 Å². The molecule has 0 aliphatic carbocycles. The minimum Gasteiger partial charge on any atom is -0.478 e. The van der Waals surface area contributed by atoms with Crippen molar-refractivity contribution in [2.45, 2.75) is 6.92 Å². The summed E-state index contributed by atoms with van der Waals surface area (Å²) in [5.41, 5.74) is 6.52. The molecule has 1 rings (SSSR count). The van der Waals surface area contributed by atoms with Crippen molar-refractivity contribution in [1.29, 1.82) is 0 Å². The van der Waals surface area contributed by atoms with Gasteiger partial charge < -0.3 is 20.6 Å². The third-order valence-electron chi connectivity index (χ3n) is 2.93. The van der Waals surface area contributed by atoms with Gasteiger partial charge >= 0.3 is 5.97 Å². The first kappa shape index (κ1) is 14.8. The maximum absolute atomic E-state index is 11.8. The largest absolute Gasteiger partial charge is 0.478 e. The van der Waals surface area contributed by atoms with E-state index < -0.39 is 5.97 Å². The van der Waals surface area contributed by atoms with Gasteiger partial charge in [-0.25, -0.2) is 4.79 Å². The molecule has 19 heavy (non-hydrogen) atoms. The van der Waals surface area contributed by atoms with Gasteiger partial charge in [0.2, 0.25) is 5.91 Å². The first-order valence-corrected chi connectivity index (χ1v) is 5.94. The smallest absolute Gasteiger partial charge is 0.337 e. The Bertz CT molecular complexity index is 488. The first-order chi connectivity index (χ1) is 8.86. The number of nitrogen functional groups attached to an aromatic ring is 1. The van der Waals surface area contributed by atoms with Gasteiger partial charge in [0.15, 0.2) is 0 Å². The van der Waals surface area contributed by atoms with Crippen LogP contribution in [0.2, 0.25) is 0 Å². The summed E-state index contributed by atoms with van der Waals surface area (Å²) < 4.78 is 0. The molecule has 0 saturated heterocycles. The number of carboxylic acids is 1. The van der Waals surface area contributed by atoms with E-state index in [1.165, 1.54) is 6.07 Å². The van der Waals surface area contributed by atoms with Crippen molar-refractivity contribution in [2.24, 2.45) is 0 Å². The predicted molar refractivity (Wildman–Crippen MR) is 74.4 cm³/mol. The molecule has 0 aromatic heterocycles. The van der Waals surface area contributed by atoms with Gasteiger partial charge in [-0.05, 0) is 25.1 Å². The summed E-state index contributed by atoms with van der Waals surface area (Å²) in [7, 11) is 3.39. The van der Waals surface area contributed by atoms with E-state index in [0.717, 1.165) is 0 Å². The van der Waals surface area contributed by atoms with E-state index in [2.05, 4.69) is 0 Å². The molecule has 1 amide bonds. The molecule has 0 aliphatic rings. The third kappa shape index (κ3) is 3.61. The van der Waals surface area contributed by atoms with E-state index in [1.54, 1.807) is 36.0 Å². The lowest BCUT2D eigenvalue weighted by molar-refractivity contribution is -0.128. The summed E-state index contributed by atoms with van der Waals surface area (Å²) in [5, 5.41) is 9.15. The van der Waals surface area contributed by atoms with E-state index in [4.69, 9.17) is 10.8 Å². The Morgan fingerprint density at radius 1 is 1.32 bits per heavy atom. The van der Waals surface area contributed by atoms with Crippen molar-refractivity contribution in [1.82, 2.24) is 4.90 Å². The van der Waals surface area contributed by atoms with Crippen LogP contribution in [0.15, 0.2) is 18.2 Å². The molecular weight excluding hydrogens is 246 g/mol. The SMILES string of the molecule is CCN(C)C(=O)CN(C)c1ccc(N)cc1C(=O)O. The molecule has 3 N–H and O–H groups in total. The number of amides is 1. The number of carboxylic acid groups (broad SMARTS) is 1. The number of aromatic carboxylic acids is 1. The van der Waals surface area contributed by atoms with E-state index in [0.29, 0.717) is 17.9 Å². The average Bonchev–Trinajstić information content (AvgIpc) is 2.37. The lowest BCUT2D eigenvalue weighted by Crippen LogP contribution is -2.37. The molecule has 104 valence electrons. The van der Waals surface area contributed by atoms with Crippen LogP contribution in [0.4, 0.5) is 11.4 Å². The monoisotopic (exact) mass is 265 g/mol. The maximum atomic E-state index is 11.8. The van der Waals surface area contributed by atoms with Crippen molar-refractivity contribution in [2.75, 3.05) is 37.8 Å². The first-order valence-electron chi connectivity index (χ1n) is 5.94. The second kappa shape index (κ2) is 6.08. The van der Waals surface area contributed by atoms with Crippen LogP contribution in [-0.2, 0) is 4.79 Å². The molecule has 0 fully saturated rings. The minimum absolute atomic E-state index is 0.0711. The Balaban J connectivity index is 2.96. The van der Waals surface area contributed by atoms with E-state index >= 15 is 0 Å². The molecule has 6 nitrogen and oxygen atoms in total. The summed E-state index contributed by atoms with van der Waals surface area (Å²) >= 11 is 0. The Kier molecular flexibility index (Phi) is 4.74. The quantitative estimate of drug-likeness (QED) is 0.772. The number of carbonyl (C=O) groups excluding carboxylic acids is 1. The van der Waals surface area contributed by atoms with Crippen LogP contribution in [0.3, 0.4) is 0 Å². The number of anilines is 2. The van der Waals surface area contributed by atoms with Crippen molar-refractivity contribution in [3.8, 4) is 0 Å². The fourth-order valence-corrected chi connectivity index (χ4v) is 1.64. The van der Waals surface area contributed by atoms with Gasteiger partial charge in [0, 0.05) is 26.3 Å². The molecular formula is C13H19N3O3. The van der Waals surface area contributed by atoms with E-state index in [9.17, 15) is 9.59 Å². The highest BCUT2D eigenvalue weighted by Gasteiger charge is 2.17. The van der Waals surface area contributed by atoms with Crippen molar-refractivity contribution in [3.05, 3.63) is 23.8 Å². The highest BCUT2D eigenvalue weighted by atomic mass is 16.4. The van der Waals surface area contributed by atoms with Gasteiger partial charge in [-0.2, -0.15) is 0 Å². The summed E-state index contributed by atoms with van der Waals surface area (Å²) in [5.74, 6) is -1.14. The Labute approximate surface area is 112 Å². The van der Waals surface area contributed by atoms with Crippen LogP contribution in [0, 0.1) is 0 Å². The standard InChI is InChI=1S/C13H19N3O3/c1-4-15(2)12(17)8-16(3)11-6-5-9(14)7-10(11)13(18)19/h5-7H,4,8,14H2,1-3H3,(H,18,19). The van der Waals surface area contributed by atoms with Crippen molar-refractivity contribution >= 4 is 23.3 Å². The summed E-state index contributed by atoms with van der Waals surface area (Å²) in [6.45, 7) is 2.61. The zero-order chi connectivity index (χ0) is 14.6. The van der Waals surface area contributed by atoms with Gasteiger partial charge in [0.05, 0.1) is 17.8 Å². The van der Waals surface area contributed by atoms with E-state index in [-0.39, 0.29) is 18.0 Å². The van der Waals surface area contributed by atoms with Crippen LogP contribution < -0.4 is 10.6 Å². The minimum atomic E-state index is -1.06. The Hall–Kier alpha value is -2.24. The lowest BCUT2D eigenvalue weighted by Gasteiger charge is -2.23. The van der Waals surface area contributed by atoms with Gasteiger partial charge in [-0.3, -0.25) is 4.79 Å². The van der Waals surface area contributed by atoms with Gasteiger partial charge in [0.1, 0.15) is 0 Å². The lowest BCUT2D eigenvalue weighted by atomic mass is 10.1. The molecule has 0 spiro atoms. The molecule has 0 heterocycles. The number of likely N-dealkylation sites (N-methyl/N-ethyl adjacent to an activating group) is 2. The zero-order valence-electron chi connectivity index (χ0n) is 11.4. The summed E-state index contributed by atoms with van der Waals surface area (Å²) in [6, 6.07) is 4.62. The second-order valence-corrected chi connectivity index (χ2v) is 4.35. The molecule has 1 aromatic carbocycles. The maximum Gasteiger partial charge on any atom is 0.337 e. The van der Waals surface area contributed by atoms with Crippen LogP contribution in [0.5, 0.6) is 0 Å². The highest BCUT2D eigenvalue weighted by Crippen LogP contribution is 2.22. The summed E-state index contributed by atoms with van der Waals surface area (Å²) in [4.78, 5) is 26.2. The number of benzene rings is 1. The number of rotatable bonds is 5. The topological polar surface area (TPSA) is 86.9 Å². The number of hydrogen-bond donors (Lipinski definition) is 2. The summed E-state index contributed by atoms with van der Waals surface area (Å²) in [6.07, 6.45) is 0. The van der Waals surface area contributed by atoms with Gasteiger partial charge in [0.25, 0.3) is 0 Å². The Morgan fingerprint density at radius 2 is 1.95 bits per heavy atom. The number of nitrogens with zero attached hydrogens (tertiary/aromatic N) is 2. The van der Waals surface area contributed by atoms with Crippen molar-refractivity contribution in [3.63, 3.8) is 0 Å². The van der Waals surface area contributed by atoms with Crippen LogP contribution in [-0.4, -0.2) is 49.1 Å². The number of nitrogens with two attached hydrogens (primary N) is 1. The molecule has 0 unspecified atom stereocenters.